The Kier molecular flexibility index (Phi) is 1.82. The van der Waals surface area contributed by atoms with Gasteiger partial charge in [-0.15, -0.1) is 0 Å². The van der Waals surface area contributed by atoms with Crippen molar-refractivity contribution < 1.29 is 0 Å². The van der Waals surface area contributed by atoms with E-state index in [4.69, 9.17) is 18.1 Å². The maximum absolute atomic E-state index is 5.63. The third-order valence-corrected chi connectivity index (χ3v) is 1.91. The van der Waals surface area contributed by atoms with Crippen molar-refractivity contribution >= 4 is 12.2 Å². The fraction of sp³-hybridized carbons (Fsp3) is 0. The molecule has 2 rings (SSSR count). The van der Waals surface area contributed by atoms with E-state index in [9.17, 15) is 0 Å². The van der Waals surface area contributed by atoms with Crippen LogP contribution < -0.4 is 5.84 Å². The minimum Gasteiger partial charge on any atom is -0.335 e. The van der Waals surface area contributed by atoms with Gasteiger partial charge in [0.2, 0.25) is 4.77 Å². The molecule has 2 aromatic heterocycles. The molecule has 3 N–H and O–H groups in total. The van der Waals surface area contributed by atoms with Crippen LogP contribution in [0.2, 0.25) is 0 Å². The van der Waals surface area contributed by atoms with Gasteiger partial charge in [0.05, 0.1) is 0 Å². The van der Waals surface area contributed by atoms with Crippen LogP contribution in [0.3, 0.4) is 0 Å². The number of rotatable bonds is 1. The summed E-state index contributed by atoms with van der Waals surface area (Å²) in [6, 6.07) is 3.67. The highest BCUT2D eigenvalue weighted by molar-refractivity contribution is 7.71. The number of nitrogen functional groups attached to an aromatic ring is 1. The zero-order valence-electron chi connectivity index (χ0n) is 6.64. The van der Waals surface area contributed by atoms with Crippen LogP contribution in [-0.4, -0.2) is 19.9 Å². The predicted molar refractivity (Wildman–Crippen MR) is 50.8 cm³/mol. The summed E-state index contributed by atoms with van der Waals surface area (Å²) >= 11 is 4.87. The molecule has 0 aliphatic carbocycles. The molecule has 13 heavy (non-hydrogen) atoms. The molecule has 0 bridgehead atoms. The Labute approximate surface area is 79.2 Å². The highest BCUT2D eigenvalue weighted by Crippen LogP contribution is 2.12. The smallest absolute Gasteiger partial charge is 0.214 e. The maximum Gasteiger partial charge on any atom is 0.214 e. The number of pyridine rings is 1. The van der Waals surface area contributed by atoms with Crippen molar-refractivity contribution in [2.75, 3.05) is 5.84 Å². The van der Waals surface area contributed by atoms with Crippen molar-refractivity contribution in [3.63, 3.8) is 0 Å². The molecule has 5 nitrogen and oxygen atoms in total. The van der Waals surface area contributed by atoms with Crippen molar-refractivity contribution in [2.45, 2.75) is 0 Å². The van der Waals surface area contributed by atoms with Gasteiger partial charge in [-0.3, -0.25) is 4.98 Å². The summed E-state index contributed by atoms with van der Waals surface area (Å²) in [4.78, 5) is 3.95. The Balaban J connectivity index is 2.60. The van der Waals surface area contributed by atoms with Crippen LogP contribution in [0.5, 0.6) is 0 Å². The molecule has 0 saturated carbocycles. The van der Waals surface area contributed by atoms with Gasteiger partial charge in [-0.2, -0.15) is 5.10 Å². The lowest BCUT2D eigenvalue weighted by Gasteiger charge is -1.97. The van der Waals surface area contributed by atoms with E-state index in [0.717, 1.165) is 5.56 Å². The lowest BCUT2D eigenvalue weighted by Crippen LogP contribution is -2.09. The third-order valence-electron chi connectivity index (χ3n) is 1.62. The van der Waals surface area contributed by atoms with E-state index in [2.05, 4.69) is 15.2 Å². The van der Waals surface area contributed by atoms with E-state index < -0.39 is 0 Å². The number of aromatic amines is 1. The minimum atomic E-state index is 0.388. The zero-order chi connectivity index (χ0) is 9.26. The molecule has 2 aromatic rings. The van der Waals surface area contributed by atoms with Crippen molar-refractivity contribution in [3.05, 3.63) is 29.3 Å². The van der Waals surface area contributed by atoms with Crippen molar-refractivity contribution in [2.24, 2.45) is 0 Å². The summed E-state index contributed by atoms with van der Waals surface area (Å²) in [5.74, 6) is 6.21. The van der Waals surface area contributed by atoms with Crippen LogP contribution in [0, 0.1) is 4.77 Å². The quantitative estimate of drug-likeness (QED) is 0.517. The molecule has 0 amide bonds. The highest BCUT2D eigenvalue weighted by Gasteiger charge is 2.04. The molecular formula is C7H7N5S. The number of nitrogens with two attached hydrogens (primary N) is 1. The Bertz CT molecular complexity index is 457. The summed E-state index contributed by atoms with van der Waals surface area (Å²) in [5, 5.41) is 6.56. The summed E-state index contributed by atoms with van der Waals surface area (Å²) in [5.41, 5.74) is 0.831. The molecule has 0 aromatic carbocycles. The fourth-order valence-electron chi connectivity index (χ4n) is 1.00. The van der Waals surface area contributed by atoms with Crippen LogP contribution in [0.15, 0.2) is 24.5 Å². The van der Waals surface area contributed by atoms with Gasteiger partial charge < -0.3 is 5.84 Å². The van der Waals surface area contributed by atoms with E-state index >= 15 is 0 Å². The van der Waals surface area contributed by atoms with Gasteiger partial charge in [0.1, 0.15) is 0 Å². The predicted octanol–water partition coefficient (Wildman–Crippen LogP) is 0.716. The van der Waals surface area contributed by atoms with Gasteiger partial charge in [0.15, 0.2) is 5.82 Å². The van der Waals surface area contributed by atoms with E-state index in [0.29, 0.717) is 10.6 Å². The largest absolute Gasteiger partial charge is 0.335 e. The van der Waals surface area contributed by atoms with E-state index in [1.54, 1.807) is 12.4 Å². The van der Waals surface area contributed by atoms with Gasteiger partial charge in [-0.05, 0) is 24.4 Å². The molecule has 0 unspecified atom stereocenters. The summed E-state index contributed by atoms with van der Waals surface area (Å²) < 4.78 is 1.70. The Morgan fingerprint density at radius 1 is 1.54 bits per heavy atom. The first kappa shape index (κ1) is 7.93. The highest BCUT2D eigenvalue weighted by atomic mass is 32.1. The number of H-pyrrole nitrogens is 1. The molecule has 6 heteroatoms. The van der Waals surface area contributed by atoms with Crippen molar-refractivity contribution in [3.8, 4) is 11.4 Å². The SMILES string of the molecule is Nn1c(-c2cccnc2)n[nH]c1=S. The minimum absolute atomic E-state index is 0.388. The number of nitrogens with zero attached hydrogens (tertiary/aromatic N) is 3. The maximum atomic E-state index is 5.63. The molecule has 0 fully saturated rings. The molecule has 0 radical (unpaired) electrons. The summed E-state index contributed by atoms with van der Waals surface area (Å²) in [6.45, 7) is 0. The monoisotopic (exact) mass is 193 g/mol. The lowest BCUT2D eigenvalue weighted by atomic mass is 10.3. The fourth-order valence-corrected chi connectivity index (χ4v) is 1.14. The topological polar surface area (TPSA) is 72.5 Å². The van der Waals surface area contributed by atoms with Gasteiger partial charge in [-0.1, -0.05) is 0 Å². The normalized spacial score (nSPS) is 10.2. The van der Waals surface area contributed by atoms with Crippen LogP contribution in [0.25, 0.3) is 11.4 Å². The first-order chi connectivity index (χ1) is 6.29. The Morgan fingerprint density at radius 2 is 2.38 bits per heavy atom. The molecule has 0 aliphatic rings. The van der Waals surface area contributed by atoms with Crippen LogP contribution in [0.4, 0.5) is 0 Å². The first-order valence-electron chi connectivity index (χ1n) is 3.62. The molecule has 0 saturated heterocycles. The average molecular weight is 193 g/mol. The second kappa shape index (κ2) is 2.98. The molecule has 0 aliphatic heterocycles. The van der Waals surface area contributed by atoms with Crippen LogP contribution in [0.1, 0.15) is 0 Å². The molecule has 0 atom stereocenters. The van der Waals surface area contributed by atoms with Gasteiger partial charge >= 0.3 is 0 Å². The Morgan fingerprint density at radius 3 is 2.92 bits per heavy atom. The second-order valence-corrected chi connectivity index (χ2v) is 2.85. The van der Waals surface area contributed by atoms with Gasteiger partial charge in [0, 0.05) is 18.0 Å². The van der Waals surface area contributed by atoms with E-state index in [1.165, 1.54) is 4.68 Å². The molecule has 2 heterocycles. The second-order valence-electron chi connectivity index (χ2n) is 2.46. The van der Waals surface area contributed by atoms with Gasteiger partial charge in [0.25, 0.3) is 0 Å². The van der Waals surface area contributed by atoms with Crippen LogP contribution in [-0.2, 0) is 0 Å². The van der Waals surface area contributed by atoms with Gasteiger partial charge in [-0.25, -0.2) is 9.77 Å². The molecular weight excluding hydrogens is 186 g/mol. The van der Waals surface area contributed by atoms with Crippen molar-refractivity contribution in [1.29, 1.82) is 0 Å². The van der Waals surface area contributed by atoms with Crippen LogP contribution >= 0.6 is 12.2 Å². The Hall–Kier alpha value is -1.69. The zero-order valence-corrected chi connectivity index (χ0v) is 7.45. The number of hydrogen-bond donors (Lipinski definition) is 2. The number of nitrogens with one attached hydrogen (secondary N) is 1. The summed E-state index contributed by atoms with van der Waals surface area (Å²) in [6.07, 6.45) is 3.36. The van der Waals surface area contributed by atoms with Crippen molar-refractivity contribution in [1.82, 2.24) is 19.9 Å². The number of aromatic nitrogens is 4. The van der Waals surface area contributed by atoms with E-state index in [-0.39, 0.29) is 0 Å². The first-order valence-corrected chi connectivity index (χ1v) is 4.03. The molecule has 0 spiro atoms. The third kappa shape index (κ3) is 1.31. The molecule has 66 valence electrons. The summed E-state index contributed by atoms with van der Waals surface area (Å²) in [7, 11) is 0. The number of hydrogen-bond acceptors (Lipinski definition) is 4. The van der Waals surface area contributed by atoms with E-state index in [1.807, 2.05) is 12.1 Å². The average Bonchev–Trinajstić information content (AvgIpc) is 2.49. The lowest BCUT2D eigenvalue weighted by molar-refractivity contribution is 0.983. The standard InChI is InChI=1S/C7H7N5S/c8-12-6(10-11-7(12)13)5-2-1-3-9-4-5/h1-4H,8H2,(H,11,13).